The number of imide groups is 4. The second kappa shape index (κ2) is 10.4. The molecule has 46 heavy (non-hydrogen) atoms. The molecule has 242 valence electrons. The standard InChI is InChI=1S/C29H19Cl2F5N2O8/c1-45-14-7-9(39)3-4-11(14)16-10-5-6-12-15(24(41)38(23(12)40)27(44)46-2)13(10)8-28(30)25(42)37(26(43)29(16,28)31)22-20(35)18(33)17(32)19(34)21(22)36/h3-5,7,12-13,15-16,39H,6,8H2,1-2H3/t12-,13+,15-,16+,28+,29-/m0/s1. The van der Waals surface area contributed by atoms with Crippen LogP contribution in [0.15, 0.2) is 29.8 Å². The van der Waals surface area contributed by atoms with Crippen molar-refractivity contribution in [3.05, 3.63) is 64.5 Å². The number of hydrogen-bond acceptors (Lipinski definition) is 8. The minimum atomic E-state index is -2.78. The van der Waals surface area contributed by atoms with E-state index in [0.29, 0.717) is 0 Å². The maximum absolute atomic E-state index is 15.1. The van der Waals surface area contributed by atoms with Crippen molar-refractivity contribution >= 4 is 58.6 Å². The van der Waals surface area contributed by atoms with Gasteiger partial charge in [0, 0.05) is 17.5 Å². The molecule has 5 amide bonds. The number of hydrogen-bond donors (Lipinski definition) is 1. The lowest BCUT2D eigenvalue weighted by Gasteiger charge is -2.50. The average molecular weight is 689 g/mol. The van der Waals surface area contributed by atoms with Crippen LogP contribution in [0.1, 0.15) is 24.3 Å². The third-order valence-corrected chi connectivity index (χ3v) is 10.5. The molecule has 2 aliphatic heterocycles. The van der Waals surface area contributed by atoms with Crippen molar-refractivity contribution in [2.75, 3.05) is 19.1 Å². The van der Waals surface area contributed by atoms with Gasteiger partial charge in [-0.25, -0.2) is 31.6 Å². The number of fused-ring (bicyclic) bond motifs is 4. The Morgan fingerprint density at radius 3 is 2.11 bits per heavy atom. The van der Waals surface area contributed by atoms with Crippen LogP contribution in [-0.4, -0.2) is 63.7 Å². The number of anilines is 1. The fraction of sp³-hybridized carbons (Fsp3) is 0.345. The second-order valence-corrected chi connectivity index (χ2v) is 12.3. The van der Waals surface area contributed by atoms with Crippen molar-refractivity contribution in [1.29, 1.82) is 0 Å². The van der Waals surface area contributed by atoms with Crippen LogP contribution in [0, 0.1) is 46.8 Å². The molecule has 0 bridgehead atoms. The van der Waals surface area contributed by atoms with Gasteiger partial charge in [-0.15, -0.1) is 23.2 Å². The lowest BCUT2D eigenvalue weighted by molar-refractivity contribution is -0.138. The van der Waals surface area contributed by atoms with E-state index < -0.39 is 104 Å². The number of allylic oxidation sites excluding steroid dienone is 2. The maximum Gasteiger partial charge on any atom is 0.423 e. The van der Waals surface area contributed by atoms with Crippen LogP contribution in [-0.2, 0) is 23.9 Å². The third kappa shape index (κ3) is 3.78. The summed E-state index contributed by atoms with van der Waals surface area (Å²) in [7, 11) is 2.11. The Hall–Kier alpha value is -4.24. The molecule has 2 saturated heterocycles. The summed E-state index contributed by atoms with van der Waals surface area (Å²) in [4.78, 5) is 61.9. The Morgan fingerprint density at radius 1 is 0.913 bits per heavy atom. The van der Waals surface area contributed by atoms with E-state index in [2.05, 4.69) is 4.74 Å². The van der Waals surface area contributed by atoms with E-state index in [4.69, 9.17) is 27.9 Å². The molecule has 2 aliphatic carbocycles. The molecule has 2 aromatic carbocycles. The minimum Gasteiger partial charge on any atom is -0.508 e. The molecule has 1 N–H and O–H groups in total. The summed E-state index contributed by atoms with van der Waals surface area (Å²) in [6.45, 7) is 0. The molecule has 2 heterocycles. The molecule has 1 saturated carbocycles. The van der Waals surface area contributed by atoms with Crippen molar-refractivity contribution in [2.24, 2.45) is 17.8 Å². The van der Waals surface area contributed by atoms with E-state index in [1.165, 1.54) is 19.3 Å². The van der Waals surface area contributed by atoms with Gasteiger partial charge in [-0.1, -0.05) is 17.7 Å². The molecular formula is C29H19Cl2F5N2O8. The van der Waals surface area contributed by atoms with E-state index in [1.807, 2.05) is 0 Å². The number of phenolic OH excluding ortho intramolecular Hbond substituents is 1. The Morgan fingerprint density at radius 2 is 1.52 bits per heavy atom. The summed E-state index contributed by atoms with van der Waals surface area (Å²) >= 11 is 14.0. The summed E-state index contributed by atoms with van der Waals surface area (Å²) in [6, 6.07) is 3.49. The first kappa shape index (κ1) is 31.7. The van der Waals surface area contributed by atoms with E-state index in [-0.39, 0.29) is 38.9 Å². The summed E-state index contributed by atoms with van der Waals surface area (Å²) in [5.41, 5.74) is -1.82. The fourth-order valence-corrected chi connectivity index (χ4v) is 8.05. The highest BCUT2D eigenvalue weighted by Crippen LogP contribution is 2.66. The van der Waals surface area contributed by atoms with E-state index in [9.17, 15) is 42.3 Å². The first-order valence-electron chi connectivity index (χ1n) is 13.4. The van der Waals surface area contributed by atoms with Crippen LogP contribution in [0.4, 0.5) is 32.4 Å². The van der Waals surface area contributed by atoms with Gasteiger partial charge < -0.3 is 14.6 Å². The number of halogens is 7. The zero-order chi connectivity index (χ0) is 33.8. The molecule has 0 radical (unpaired) electrons. The number of alkyl halides is 2. The highest BCUT2D eigenvalue weighted by molar-refractivity contribution is 6.58. The number of benzene rings is 2. The summed E-state index contributed by atoms with van der Waals surface area (Å²) in [6.07, 6.45) is -0.784. The summed E-state index contributed by atoms with van der Waals surface area (Å²) in [5.74, 6) is -23.6. The molecule has 6 rings (SSSR count). The van der Waals surface area contributed by atoms with Gasteiger partial charge in [-0.05, 0) is 24.8 Å². The van der Waals surface area contributed by atoms with Crippen molar-refractivity contribution in [1.82, 2.24) is 4.90 Å². The number of likely N-dealkylation sites (tertiary alicyclic amines) is 1. The Bertz CT molecular complexity index is 1810. The van der Waals surface area contributed by atoms with Crippen LogP contribution in [0.25, 0.3) is 0 Å². The molecule has 2 aromatic rings. The van der Waals surface area contributed by atoms with Crippen LogP contribution in [0.5, 0.6) is 11.5 Å². The number of carbonyl (C=O) groups is 5. The highest BCUT2D eigenvalue weighted by atomic mass is 35.5. The number of nitrogens with zero attached hydrogens (tertiary/aromatic N) is 2. The molecule has 3 fully saturated rings. The largest absolute Gasteiger partial charge is 0.508 e. The number of rotatable bonds is 3. The van der Waals surface area contributed by atoms with E-state index in [1.54, 1.807) is 0 Å². The second-order valence-electron chi connectivity index (χ2n) is 11.1. The predicted molar refractivity (Wildman–Crippen MR) is 145 cm³/mol. The highest BCUT2D eigenvalue weighted by Gasteiger charge is 2.77. The van der Waals surface area contributed by atoms with Crippen molar-refractivity contribution in [2.45, 2.75) is 28.5 Å². The smallest absolute Gasteiger partial charge is 0.423 e. The Kier molecular flexibility index (Phi) is 7.17. The van der Waals surface area contributed by atoms with Gasteiger partial charge in [0.2, 0.25) is 17.6 Å². The Labute approximate surface area is 265 Å². The quantitative estimate of drug-likeness (QED) is 0.125. The monoisotopic (exact) mass is 688 g/mol. The maximum atomic E-state index is 15.1. The van der Waals surface area contributed by atoms with E-state index in [0.717, 1.165) is 19.2 Å². The number of amides is 5. The number of aromatic hydroxyl groups is 1. The van der Waals surface area contributed by atoms with Gasteiger partial charge in [0.1, 0.15) is 17.2 Å². The van der Waals surface area contributed by atoms with Gasteiger partial charge in [0.05, 0.1) is 26.1 Å². The molecule has 0 spiro atoms. The van der Waals surface area contributed by atoms with Crippen LogP contribution >= 0.6 is 23.2 Å². The molecule has 0 unspecified atom stereocenters. The first-order valence-corrected chi connectivity index (χ1v) is 14.1. The van der Waals surface area contributed by atoms with Gasteiger partial charge in [0.25, 0.3) is 11.8 Å². The number of ether oxygens (including phenoxy) is 2. The minimum absolute atomic E-state index is 0.0308. The molecule has 10 nitrogen and oxygen atoms in total. The van der Waals surface area contributed by atoms with Gasteiger partial charge in [0.15, 0.2) is 33.0 Å². The van der Waals surface area contributed by atoms with Gasteiger partial charge in [-0.2, -0.15) is 4.90 Å². The third-order valence-electron chi connectivity index (χ3n) is 9.11. The zero-order valence-electron chi connectivity index (χ0n) is 23.4. The topological polar surface area (TPSA) is 131 Å². The van der Waals surface area contributed by atoms with Crippen LogP contribution in [0.3, 0.4) is 0 Å². The lowest BCUT2D eigenvalue weighted by atomic mass is 9.56. The molecule has 4 aliphatic rings. The molecule has 6 atom stereocenters. The number of carbonyl (C=O) groups excluding carboxylic acids is 5. The fourth-order valence-electron chi connectivity index (χ4n) is 7.12. The predicted octanol–water partition coefficient (Wildman–Crippen LogP) is 4.43. The van der Waals surface area contributed by atoms with Crippen molar-refractivity contribution < 1.29 is 60.5 Å². The van der Waals surface area contributed by atoms with Crippen molar-refractivity contribution in [3.8, 4) is 11.5 Å². The first-order chi connectivity index (χ1) is 21.6. The summed E-state index contributed by atoms with van der Waals surface area (Å²) in [5, 5.41) is 10.1. The van der Waals surface area contributed by atoms with Crippen molar-refractivity contribution in [3.63, 3.8) is 0 Å². The molecule has 17 heteroatoms. The number of phenols is 1. The van der Waals surface area contributed by atoms with Crippen LogP contribution in [0.2, 0.25) is 0 Å². The van der Waals surface area contributed by atoms with Gasteiger partial charge >= 0.3 is 6.09 Å². The van der Waals surface area contributed by atoms with Gasteiger partial charge in [-0.3, -0.25) is 19.2 Å². The molecule has 0 aromatic heterocycles. The summed E-state index contributed by atoms with van der Waals surface area (Å²) < 4.78 is 82.7. The molecular weight excluding hydrogens is 670 g/mol. The average Bonchev–Trinajstić information content (AvgIpc) is 3.37. The number of methoxy groups -OCH3 is 2. The lowest BCUT2D eigenvalue weighted by Crippen LogP contribution is -2.60. The van der Waals surface area contributed by atoms with Crippen LogP contribution < -0.4 is 9.64 Å². The Balaban J connectivity index is 1.62. The van der Waals surface area contributed by atoms with E-state index >= 15 is 8.78 Å². The zero-order valence-corrected chi connectivity index (χ0v) is 24.9. The normalized spacial score (nSPS) is 30.2. The SMILES string of the molecule is COC(=O)N1C(=O)[C@H]2[C@H](CC=C3[C@H]2C[C@@]2(Cl)C(=O)N(c4c(F)c(F)c(F)c(F)c4F)C(=O)[C@@]2(Cl)[C@H]3c2ccc(O)cc2OC)C1=O.